The molecule has 0 aliphatic rings. The summed E-state index contributed by atoms with van der Waals surface area (Å²) in [7, 11) is -9.31. The average molecular weight is 739 g/mol. The van der Waals surface area contributed by atoms with Crippen molar-refractivity contribution in [2.75, 3.05) is 0 Å². The number of phenolic OH excluding ortho intramolecular Hbond substituents is 1. The van der Waals surface area contributed by atoms with Crippen molar-refractivity contribution in [1.29, 1.82) is 0 Å². The fourth-order valence-electron chi connectivity index (χ4n) is 4.78. The molecule has 0 fully saturated rings. The van der Waals surface area contributed by atoms with Gasteiger partial charge >= 0.3 is 37.7 Å². The maximum Gasteiger partial charge on any atom is 2.00 e. The van der Waals surface area contributed by atoms with Crippen molar-refractivity contribution < 1.29 is 45.6 Å². The van der Waals surface area contributed by atoms with Crippen LogP contribution >= 0.6 is 0 Å². The van der Waals surface area contributed by atoms with Crippen LogP contribution in [0.3, 0.4) is 0 Å². The van der Waals surface area contributed by atoms with Gasteiger partial charge in [0, 0.05) is 0 Å². The Kier molecular flexibility index (Phi) is 17.9. The van der Waals surface area contributed by atoms with Crippen LogP contribution in [0.2, 0.25) is 0 Å². The molecule has 260 valence electrons. The minimum Gasteiger partial charge on any atom is -0.869 e. The van der Waals surface area contributed by atoms with Crippen LogP contribution in [0.5, 0.6) is 34.5 Å². The molecule has 49 heavy (non-hydrogen) atoms. The Hall–Kier alpha value is -2.84. The second-order valence-corrected chi connectivity index (χ2v) is 14.0. The SMILES string of the molecule is CCCCCCc1ccc(Oc2cccc(S(=O)(=O)O)c2O)cc1.CCCCCCc1ccc(Oc2cccc(S(=O)(=O)[O-])c2[O-])cc1.[Ca+2]. The Morgan fingerprint density at radius 3 is 1.47 bits per heavy atom. The third-order valence-corrected chi connectivity index (χ3v) is 9.14. The smallest absolute Gasteiger partial charge is 0.869 e. The van der Waals surface area contributed by atoms with E-state index in [1.807, 2.05) is 24.3 Å². The van der Waals surface area contributed by atoms with Crippen LogP contribution in [-0.4, -0.2) is 68.8 Å². The van der Waals surface area contributed by atoms with Gasteiger partial charge in [-0.1, -0.05) is 88.8 Å². The van der Waals surface area contributed by atoms with Crippen LogP contribution in [0.4, 0.5) is 0 Å². The first kappa shape index (κ1) is 42.3. The Labute approximate surface area is 319 Å². The van der Waals surface area contributed by atoms with Crippen molar-refractivity contribution in [2.24, 2.45) is 0 Å². The molecule has 0 radical (unpaired) electrons. The summed E-state index contributed by atoms with van der Waals surface area (Å²) in [5.74, 6) is -0.830. The summed E-state index contributed by atoms with van der Waals surface area (Å²) in [6, 6.07) is 22.3. The second-order valence-electron chi connectivity index (χ2n) is 11.2. The number of benzene rings is 4. The molecule has 0 heterocycles. The van der Waals surface area contributed by atoms with E-state index in [1.54, 1.807) is 24.3 Å². The Balaban J connectivity index is 0.000000333. The molecule has 0 saturated carbocycles. The molecular weight excluding hydrogens is 697 g/mol. The summed E-state index contributed by atoms with van der Waals surface area (Å²) in [5, 5.41) is 21.9. The second kappa shape index (κ2) is 20.7. The Bertz CT molecular complexity index is 1680. The summed E-state index contributed by atoms with van der Waals surface area (Å²) in [6.45, 7) is 4.35. The van der Waals surface area contributed by atoms with E-state index in [1.165, 1.54) is 73.9 Å². The summed E-state index contributed by atoms with van der Waals surface area (Å²) in [5.41, 5.74) is 2.38. The van der Waals surface area contributed by atoms with Crippen LogP contribution in [-0.2, 0) is 33.1 Å². The first-order valence-corrected chi connectivity index (χ1v) is 18.8. The fraction of sp³-hybridized carbons (Fsp3) is 0.333. The van der Waals surface area contributed by atoms with Crippen molar-refractivity contribution >= 4 is 58.0 Å². The number of para-hydroxylation sites is 2. The van der Waals surface area contributed by atoms with Crippen LogP contribution in [0, 0.1) is 0 Å². The molecule has 4 rings (SSSR count). The molecule has 0 aromatic heterocycles. The van der Waals surface area contributed by atoms with Crippen molar-refractivity contribution in [1.82, 2.24) is 0 Å². The molecule has 0 aliphatic heterocycles. The van der Waals surface area contributed by atoms with Gasteiger partial charge in [-0.25, -0.2) is 8.42 Å². The van der Waals surface area contributed by atoms with Gasteiger partial charge < -0.3 is 24.2 Å². The number of hydrogen-bond acceptors (Lipinski definition) is 9. The van der Waals surface area contributed by atoms with Gasteiger partial charge in [0.2, 0.25) is 0 Å². The van der Waals surface area contributed by atoms with E-state index in [2.05, 4.69) is 13.8 Å². The predicted octanol–water partition coefficient (Wildman–Crippen LogP) is 7.75. The monoisotopic (exact) mass is 738 g/mol. The zero-order valence-electron chi connectivity index (χ0n) is 27.8. The molecule has 0 unspecified atom stereocenters. The molecule has 0 spiro atoms. The maximum atomic E-state index is 12.0. The van der Waals surface area contributed by atoms with E-state index in [-0.39, 0.29) is 49.2 Å². The van der Waals surface area contributed by atoms with Gasteiger partial charge in [0.1, 0.15) is 32.3 Å². The van der Waals surface area contributed by atoms with Gasteiger partial charge in [-0.2, -0.15) is 8.42 Å². The first-order valence-electron chi connectivity index (χ1n) is 15.9. The van der Waals surface area contributed by atoms with Crippen molar-refractivity contribution in [3.8, 4) is 34.5 Å². The molecule has 0 amide bonds. The molecule has 0 saturated heterocycles. The number of ether oxygens (including phenoxy) is 2. The molecular formula is C36H42CaO10S2. The Morgan fingerprint density at radius 1 is 0.612 bits per heavy atom. The van der Waals surface area contributed by atoms with Crippen LogP contribution < -0.4 is 14.6 Å². The zero-order valence-corrected chi connectivity index (χ0v) is 31.7. The normalized spacial score (nSPS) is 11.2. The summed E-state index contributed by atoms with van der Waals surface area (Å²) in [4.78, 5) is -1.37. The van der Waals surface area contributed by atoms with E-state index in [4.69, 9.17) is 14.0 Å². The Morgan fingerprint density at radius 2 is 1.04 bits per heavy atom. The molecule has 2 N–H and O–H groups in total. The molecule has 10 nitrogen and oxygen atoms in total. The van der Waals surface area contributed by atoms with Crippen LogP contribution in [0.1, 0.15) is 76.3 Å². The number of hydrogen-bond donors (Lipinski definition) is 2. The van der Waals surface area contributed by atoms with Crippen molar-refractivity contribution in [3.05, 3.63) is 96.1 Å². The van der Waals surface area contributed by atoms with Gasteiger partial charge in [0.15, 0.2) is 11.5 Å². The summed E-state index contributed by atoms with van der Waals surface area (Å²) in [6.07, 6.45) is 11.5. The van der Waals surface area contributed by atoms with Crippen LogP contribution in [0.25, 0.3) is 0 Å². The molecule has 0 aliphatic carbocycles. The number of unbranched alkanes of at least 4 members (excludes halogenated alkanes) is 6. The van der Waals surface area contributed by atoms with Gasteiger partial charge in [-0.05, 0) is 91.1 Å². The first-order chi connectivity index (χ1) is 22.8. The van der Waals surface area contributed by atoms with Crippen molar-refractivity contribution in [3.63, 3.8) is 0 Å². The molecule has 13 heteroatoms. The van der Waals surface area contributed by atoms with E-state index < -0.39 is 41.5 Å². The summed E-state index contributed by atoms with van der Waals surface area (Å²) >= 11 is 0. The number of phenols is 1. The van der Waals surface area contributed by atoms with E-state index in [0.717, 1.165) is 37.8 Å². The van der Waals surface area contributed by atoms with E-state index >= 15 is 0 Å². The minimum atomic E-state index is -4.81. The molecule has 4 aromatic rings. The molecule has 0 atom stereocenters. The quantitative estimate of drug-likeness (QED) is 0.0657. The van der Waals surface area contributed by atoms with Crippen molar-refractivity contribution in [2.45, 2.75) is 87.8 Å². The van der Waals surface area contributed by atoms with E-state index in [9.17, 15) is 31.6 Å². The summed E-state index contributed by atoms with van der Waals surface area (Å²) < 4.78 is 75.5. The third-order valence-electron chi connectivity index (χ3n) is 7.39. The number of aromatic hydroxyl groups is 1. The van der Waals surface area contributed by atoms with Gasteiger partial charge in [-0.3, -0.25) is 4.55 Å². The average Bonchev–Trinajstić information content (AvgIpc) is 3.04. The van der Waals surface area contributed by atoms with Gasteiger partial charge in [-0.15, -0.1) is 0 Å². The zero-order chi connectivity index (χ0) is 35.2. The van der Waals surface area contributed by atoms with Gasteiger partial charge in [0.05, 0.1) is 4.90 Å². The standard InChI is InChI=1S/2C18H22O5S.Ca/c2*1-2-3-4-5-7-14-10-12-15(13-11-14)23-16-8-6-9-17(18(16)19)24(20,21)22;/h2*6,8-13,19H,2-5,7H2,1H3,(H,20,21,22);/q;;+2/p-2. The molecule has 4 aromatic carbocycles. The number of aryl methyl sites for hydroxylation is 2. The topological polar surface area (TPSA) is 173 Å². The predicted molar refractivity (Wildman–Crippen MR) is 186 cm³/mol. The van der Waals surface area contributed by atoms with Crippen LogP contribution in [0.15, 0.2) is 94.7 Å². The minimum absolute atomic E-state index is 0. The maximum absolute atomic E-state index is 12.0. The fourth-order valence-corrected chi connectivity index (χ4v) is 5.95. The largest absolute Gasteiger partial charge is 2.00 e. The van der Waals surface area contributed by atoms with E-state index in [0.29, 0.717) is 11.5 Å². The molecule has 0 bridgehead atoms. The number of rotatable bonds is 16. The van der Waals surface area contributed by atoms with Gasteiger partial charge in [0.25, 0.3) is 10.1 Å². The third kappa shape index (κ3) is 14.1.